The average molecular weight is 232 g/mol. The van der Waals surface area contributed by atoms with Gasteiger partial charge in [0.15, 0.2) is 0 Å². The molecule has 1 heterocycles. The molecule has 0 radical (unpaired) electrons. The lowest BCUT2D eigenvalue weighted by atomic mass is 9.98. The highest BCUT2D eigenvalue weighted by molar-refractivity contribution is 5.68. The van der Waals surface area contributed by atoms with Gasteiger partial charge in [0.05, 0.1) is 6.04 Å². The fourth-order valence-corrected chi connectivity index (χ4v) is 1.83. The first-order valence-corrected chi connectivity index (χ1v) is 5.66. The number of amides is 1. The Morgan fingerprint density at radius 2 is 2.19 bits per heavy atom. The summed E-state index contributed by atoms with van der Waals surface area (Å²) >= 11 is 0. The molecule has 2 N–H and O–H groups in total. The fraction of sp³-hybridized carbons (Fsp3) is 0.909. The van der Waals surface area contributed by atoms with E-state index in [2.05, 4.69) is 0 Å². The van der Waals surface area contributed by atoms with Crippen LogP contribution in [0.1, 0.15) is 33.6 Å². The number of nitrogens with two attached hydrogens (primary N) is 1. The minimum atomic E-state index is -0.611. The van der Waals surface area contributed by atoms with Crippen molar-refractivity contribution >= 4 is 6.09 Å². The van der Waals surface area contributed by atoms with E-state index >= 15 is 0 Å². The van der Waals surface area contributed by atoms with E-state index in [1.807, 2.05) is 0 Å². The number of alkyl halides is 1. The number of carbonyl (C=O) groups excluding carboxylic acids is 1. The van der Waals surface area contributed by atoms with Gasteiger partial charge in [-0.25, -0.2) is 9.18 Å². The maximum atomic E-state index is 12.8. The van der Waals surface area contributed by atoms with Gasteiger partial charge in [-0.05, 0) is 33.6 Å². The van der Waals surface area contributed by atoms with Crippen LogP contribution >= 0.6 is 0 Å². The first-order valence-electron chi connectivity index (χ1n) is 5.66. The highest BCUT2D eigenvalue weighted by atomic mass is 19.1. The molecular weight excluding hydrogens is 211 g/mol. The van der Waals surface area contributed by atoms with E-state index in [0.29, 0.717) is 6.54 Å². The first-order chi connectivity index (χ1) is 7.35. The second kappa shape index (κ2) is 4.99. The second-order valence-corrected chi connectivity index (χ2v) is 5.20. The predicted molar refractivity (Wildman–Crippen MR) is 59.9 cm³/mol. The largest absolute Gasteiger partial charge is 0.444 e. The first kappa shape index (κ1) is 13.2. The highest BCUT2D eigenvalue weighted by Crippen LogP contribution is 2.20. The molecular formula is C11H21FN2O2. The van der Waals surface area contributed by atoms with Gasteiger partial charge in [-0.3, -0.25) is 0 Å². The number of hydrogen-bond acceptors (Lipinski definition) is 3. The molecule has 1 amide bonds. The van der Waals surface area contributed by atoms with E-state index < -0.39 is 24.4 Å². The molecule has 2 unspecified atom stereocenters. The summed E-state index contributed by atoms with van der Waals surface area (Å²) in [4.78, 5) is 13.2. The van der Waals surface area contributed by atoms with Crippen LogP contribution in [0.5, 0.6) is 0 Å². The van der Waals surface area contributed by atoms with Crippen LogP contribution in [0.4, 0.5) is 9.18 Å². The van der Waals surface area contributed by atoms with Crippen molar-refractivity contribution in [1.29, 1.82) is 0 Å². The van der Waals surface area contributed by atoms with Crippen LogP contribution in [0.25, 0.3) is 0 Å². The minimum Gasteiger partial charge on any atom is -0.444 e. The van der Waals surface area contributed by atoms with E-state index in [1.165, 1.54) is 4.90 Å². The quantitative estimate of drug-likeness (QED) is 0.748. The molecule has 1 saturated heterocycles. The van der Waals surface area contributed by atoms with Crippen LogP contribution in [0, 0.1) is 0 Å². The number of likely N-dealkylation sites (tertiary alicyclic amines) is 1. The van der Waals surface area contributed by atoms with Crippen LogP contribution in [0.2, 0.25) is 0 Å². The van der Waals surface area contributed by atoms with Crippen molar-refractivity contribution in [3.63, 3.8) is 0 Å². The van der Waals surface area contributed by atoms with Gasteiger partial charge in [-0.15, -0.1) is 0 Å². The van der Waals surface area contributed by atoms with E-state index in [0.717, 1.165) is 12.8 Å². The Balaban J connectivity index is 2.66. The fourth-order valence-electron chi connectivity index (χ4n) is 1.83. The number of hydrogen-bond donors (Lipinski definition) is 1. The van der Waals surface area contributed by atoms with Crippen molar-refractivity contribution in [3.8, 4) is 0 Å². The van der Waals surface area contributed by atoms with Gasteiger partial charge in [0.1, 0.15) is 12.3 Å². The molecule has 1 fully saturated rings. The number of carbonyl (C=O) groups is 1. The zero-order valence-electron chi connectivity index (χ0n) is 10.2. The number of rotatable bonds is 1. The summed E-state index contributed by atoms with van der Waals surface area (Å²) in [7, 11) is 0. The van der Waals surface area contributed by atoms with Gasteiger partial charge in [0.2, 0.25) is 0 Å². The molecule has 0 bridgehead atoms. The summed E-state index contributed by atoms with van der Waals surface area (Å²) in [5.74, 6) is 0. The summed E-state index contributed by atoms with van der Waals surface area (Å²) in [6.45, 7) is 5.29. The third-order valence-corrected chi connectivity index (χ3v) is 2.62. The molecule has 0 aromatic carbocycles. The lowest BCUT2D eigenvalue weighted by molar-refractivity contribution is 0.00345. The number of piperidine rings is 1. The normalized spacial score (nSPS) is 26.7. The summed E-state index contributed by atoms with van der Waals surface area (Å²) in [5.41, 5.74) is 5.24. The van der Waals surface area contributed by atoms with Crippen LogP contribution < -0.4 is 5.73 Å². The predicted octanol–water partition coefficient (Wildman–Crippen LogP) is 1.68. The molecule has 4 nitrogen and oxygen atoms in total. The van der Waals surface area contributed by atoms with E-state index in [4.69, 9.17) is 10.5 Å². The zero-order chi connectivity index (χ0) is 12.3. The Bertz CT molecular complexity index is 253. The van der Waals surface area contributed by atoms with Crippen molar-refractivity contribution in [2.45, 2.75) is 51.3 Å². The third kappa shape index (κ3) is 3.33. The SMILES string of the molecule is CC(C)(C)OC(=O)N1CCCC(N)C1CF. The monoisotopic (exact) mass is 232 g/mol. The molecule has 94 valence electrons. The van der Waals surface area contributed by atoms with Gasteiger partial charge < -0.3 is 15.4 Å². The van der Waals surface area contributed by atoms with Gasteiger partial charge >= 0.3 is 6.09 Å². The maximum Gasteiger partial charge on any atom is 0.410 e. The van der Waals surface area contributed by atoms with Gasteiger partial charge in [0, 0.05) is 12.6 Å². The number of halogens is 1. The molecule has 0 aromatic heterocycles. The Hall–Kier alpha value is -0.840. The van der Waals surface area contributed by atoms with E-state index in [1.54, 1.807) is 20.8 Å². The van der Waals surface area contributed by atoms with Crippen molar-refractivity contribution in [2.24, 2.45) is 5.73 Å². The molecule has 5 heteroatoms. The Morgan fingerprint density at radius 3 is 2.69 bits per heavy atom. The minimum absolute atomic E-state index is 0.286. The summed E-state index contributed by atoms with van der Waals surface area (Å²) < 4.78 is 18.1. The Morgan fingerprint density at radius 1 is 1.56 bits per heavy atom. The second-order valence-electron chi connectivity index (χ2n) is 5.20. The van der Waals surface area contributed by atoms with Crippen molar-refractivity contribution < 1.29 is 13.9 Å². The molecule has 0 aromatic rings. The molecule has 1 aliphatic rings. The van der Waals surface area contributed by atoms with Crippen molar-refractivity contribution in [3.05, 3.63) is 0 Å². The molecule has 0 saturated carbocycles. The standard InChI is InChI=1S/C11H21FN2O2/c1-11(2,3)16-10(15)14-6-4-5-8(13)9(14)7-12/h8-9H,4-7,13H2,1-3H3. The number of ether oxygens (including phenoxy) is 1. The van der Waals surface area contributed by atoms with Crippen molar-refractivity contribution in [1.82, 2.24) is 4.90 Å². The zero-order valence-corrected chi connectivity index (χ0v) is 10.2. The number of nitrogens with zero attached hydrogens (tertiary/aromatic N) is 1. The van der Waals surface area contributed by atoms with Crippen molar-refractivity contribution in [2.75, 3.05) is 13.2 Å². The van der Waals surface area contributed by atoms with Crippen LogP contribution in [-0.2, 0) is 4.74 Å². The molecule has 2 atom stereocenters. The summed E-state index contributed by atoms with van der Waals surface area (Å²) in [6, 6.07) is -0.824. The highest BCUT2D eigenvalue weighted by Gasteiger charge is 2.34. The van der Waals surface area contributed by atoms with Gasteiger partial charge in [-0.1, -0.05) is 0 Å². The van der Waals surface area contributed by atoms with E-state index in [-0.39, 0.29) is 6.04 Å². The maximum absolute atomic E-state index is 12.8. The van der Waals surface area contributed by atoms with Crippen LogP contribution in [0.3, 0.4) is 0 Å². The van der Waals surface area contributed by atoms with Gasteiger partial charge in [0.25, 0.3) is 0 Å². The molecule has 1 rings (SSSR count). The third-order valence-electron chi connectivity index (χ3n) is 2.62. The van der Waals surface area contributed by atoms with E-state index in [9.17, 15) is 9.18 Å². The smallest absolute Gasteiger partial charge is 0.410 e. The topological polar surface area (TPSA) is 55.6 Å². The molecule has 1 aliphatic heterocycles. The summed E-state index contributed by atoms with van der Waals surface area (Å²) in [5, 5.41) is 0. The summed E-state index contributed by atoms with van der Waals surface area (Å²) in [6.07, 6.45) is 1.09. The Kier molecular flexibility index (Phi) is 4.13. The lowest BCUT2D eigenvalue weighted by Crippen LogP contribution is -2.56. The molecule has 16 heavy (non-hydrogen) atoms. The molecule has 0 spiro atoms. The average Bonchev–Trinajstić information content (AvgIpc) is 2.14. The van der Waals surface area contributed by atoms with Gasteiger partial charge in [-0.2, -0.15) is 0 Å². The lowest BCUT2D eigenvalue weighted by Gasteiger charge is -2.38. The Labute approximate surface area is 95.9 Å². The molecule has 0 aliphatic carbocycles. The van der Waals surface area contributed by atoms with Crippen LogP contribution in [-0.4, -0.2) is 41.9 Å². The van der Waals surface area contributed by atoms with Crippen LogP contribution in [0.15, 0.2) is 0 Å².